The summed E-state index contributed by atoms with van der Waals surface area (Å²) >= 11 is 5.94. The summed E-state index contributed by atoms with van der Waals surface area (Å²) in [4.78, 5) is 38.1. The van der Waals surface area contributed by atoms with Crippen LogP contribution < -0.4 is 21.6 Å². The number of halogens is 2. The third kappa shape index (κ3) is 5.29. The number of rotatable bonds is 5. The minimum absolute atomic E-state index is 0.0832. The third-order valence-electron chi connectivity index (χ3n) is 5.80. The molecule has 0 radical (unpaired) electrons. The monoisotopic (exact) mass is 514 g/mol. The maximum absolute atomic E-state index is 13.2. The van der Waals surface area contributed by atoms with Crippen molar-refractivity contribution >= 4 is 39.9 Å². The maximum Gasteiger partial charge on any atom is 0.323 e. The first-order valence-electron chi connectivity index (χ1n) is 11.3. The van der Waals surface area contributed by atoms with Crippen LogP contribution in [0.2, 0.25) is 5.02 Å². The molecule has 0 saturated carbocycles. The minimum atomic E-state index is -0.477. The van der Waals surface area contributed by atoms with Crippen molar-refractivity contribution in [2.75, 3.05) is 10.6 Å². The number of hydrogen-bond donors (Lipinski definition) is 2. The second-order valence-corrected chi connectivity index (χ2v) is 8.75. The van der Waals surface area contributed by atoms with Crippen LogP contribution >= 0.6 is 11.6 Å². The van der Waals surface area contributed by atoms with E-state index < -0.39 is 11.8 Å². The molecule has 0 unspecified atom stereocenters. The second-order valence-electron chi connectivity index (χ2n) is 8.32. The van der Waals surface area contributed by atoms with Crippen molar-refractivity contribution in [2.24, 2.45) is 0 Å². The van der Waals surface area contributed by atoms with Crippen LogP contribution in [0, 0.1) is 5.82 Å². The fourth-order valence-electron chi connectivity index (χ4n) is 3.97. The van der Waals surface area contributed by atoms with Crippen LogP contribution in [0.3, 0.4) is 0 Å². The van der Waals surface area contributed by atoms with E-state index in [2.05, 4.69) is 10.6 Å². The van der Waals surface area contributed by atoms with Crippen LogP contribution in [-0.2, 0) is 6.54 Å². The van der Waals surface area contributed by atoms with Crippen molar-refractivity contribution < 1.29 is 9.18 Å². The highest BCUT2D eigenvalue weighted by Gasteiger charge is 2.12. The molecular formula is C28H20ClFN4O3. The van der Waals surface area contributed by atoms with E-state index in [1.54, 1.807) is 59.4 Å². The van der Waals surface area contributed by atoms with Gasteiger partial charge in [0.15, 0.2) is 5.43 Å². The Labute approximate surface area is 215 Å². The number of fused-ring (bicyclic) bond motifs is 1. The molecule has 3 aromatic carbocycles. The van der Waals surface area contributed by atoms with Gasteiger partial charge in [-0.3, -0.25) is 9.59 Å². The quantitative estimate of drug-likeness (QED) is 0.318. The number of nitrogens with one attached hydrogen (secondary N) is 2. The van der Waals surface area contributed by atoms with Crippen molar-refractivity contribution in [1.82, 2.24) is 9.13 Å². The molecule has 0 aliphatic rings. The number of benzene rings is 3. The normalized spacial score (nSPS) is 10.9. The number of carbonyl (C=O) groups excluding carboxylic acids is 1. The van der Waals surface area contributed by atoms with Crippen molar-refractivity contribution in [3.05, 3.63) is 134 Å². The largest absolute Gasteiger partial charge is 0.323 e. The summed E-state index contributed by atoms with van der Waals surface area (Å²) < 4.78 is 16.3. The number of aromatic nitrogens is 2. The van der Waals surface area contributed by atoms with Gasteiger partial charge < -0.3 is 19.8 Å². The van der Waals surface area contributed by atoms with E-state index in [1.807, 2.05) is 12.1 Å². The molecule has 9 heteroatoms. The van der Waals surface area contributed by atoms with Gasteiger partial charge in [0.25, 0.3) is 5.56 Å². The summed E-state index contributed by atoms with van der Waals surface area (Å²) in [5.74, 6) is -0.392. The SMILES string of the molecule is O=C(Nc1ccc(F)cc1)Nc1ccc(-n2ccc(=O)c3c(=O)n(Cc4ccc(Cl)cc4)ccc32)cc1. The first-order chi connectivity index (χ1) is 17.9. The number of hydrogen-bond acceptors (Lipinski definition) is 3. The van der Waals surface area contributed by atoms with Gasteiger partial charge in [-0.1, -0.05) is 23.7 Å². The molecule has 2 N–H and O–H groups in total. The molecule has 0 aliphatic carbocycles. The lowest BCUT2D eigenvalue weighted by Crippen LogP contribution is -2.25. The summed E-state index contributed by atoms with van der Waals surface area (Å²) in [5.41, 5.74) is 2.29. The molecule has 37 heavy (non-hydrogen) atoms. The number of carbonyl (C=O) groups is 1. The summed E-state index contributed by atoms with van der Waals surface area (Å²) in [6, 6.07) is 22.1. The van der Waals surface area contributed by atoms with Crippen molar-refractivity contribution in [3.63, 3.8) is 0 Å². The molecule has 0 saturated heterocycles. The molecule has 0 aliphatic heterocycles. The standard InChI is InChI=1S/C28H20ClFN4O3/c29-19-3-1-18(2-4-19)17-33-15-13-24-26(27(33)36)25(35)14-16-34(24)23-11-9-22(10-12-23)32-28(37)31-21-7-5-20(30)6-8-21/h1-16H,17H2,(H2,31,32,37). The Balaban J connectivity index is 1.39. The lowest BCUT2D eigenvalue weighted by atomic mass is 10.2. The molecule has 2 aromatic heterocycles. The van der Waals surface area contributed by atoms with Gasteiger partial charge in [0.2, 0.25) is 0 Å². The Bertz CT molecular complexity index is 1710. The van der Waals surface area contributed by atoms with Gasteiger partial charge in [0, 0.05) is 40.5 Å². The van der Waals surface area contributed by atoms with E-state index >= 15 is 0 Å². The Morgan fingerprint density at radius 2 is 1.41 bits per heavy atom. The van der Waals surface area contributed by atoms with E-state index in [4.69, 9.17) is 11.6 Å². The minimum Gasteiger partial charge on any atom is -0.316 e. The fraction of sp³-hybridized carbons (Fsp3) is 0.0357. The lowest BCUT2D eigenvalue weighted by Gasteiger charge is -2.14. The number of anilines is 2. The van der Waals surface area contributed by atoms with Crippen LogP contribution in [-0.4, -0.2) is 15.2 Å². The molecule has 7 nitrogen and oxygen atoms in total. The lowest BCUT2D eigenvalue weighted by molar-refractivity contribution is 0.262. The predicted octanol–water partition coefficient (Wildman–Crippen LogP) is 5.64. The van der Waals surface area contributed by atoms with Crippen LogP contribution in [0.4, 0.5) is 20.6 Å². The van der Waals surface area contributed by atoms with Crippen molar-refractivity contribution in [2.45, 2.75) is 6.54 Å². The maximum atomic E-state index is 13.2. The van der Waals surface area contributed by atoms with E-state index in [9.17, 15) is 18.8 Å². The molecule has 0 spiro atoms. The summed E-state index contributed by atoms with van der Waals surface area (Å²) in [5, 5.41) is 6.02. The van der Waals surface area contributed by atoms with E-state index in [1.165, 1.54) is 34.9 Å². The average molecular weight is 515 g/mol. The first kappa shape index (κ1) is 24.0. The number of amides is 2. The molecule has 5 aromatic rings. The number of pyridine rings is 2. The van der Waals surface area contributed by atoms with Crippen LogP contribution in [0.25, 0.3) is 16.6 Å². The summed E-state index contributed by atoms with van der Waals surface area (Å²) in [7, 11) is 0. The predicted molar refractivity (Wildman–Crippen MR) is 143 cm³/mol. The zero-order chi connectivity index (χ0) is 25.9. The summed E-state index contributed by atoms with van der Waals surface area (Å²) in [6.45, 7) is 0.306. The summed E-state index contributed by atoms with van der Waals surface area (Å²) in [6.07, 6.45) is 3.27. The Hall–Kier alpha value is -4.69. The molecule has 184 valence electrons. The Kier molecular flexibility index (Phi) is 6.57. The van der Waals surface area contributed by atoms with E-state index in [0.717, 1.165) is 5.56 Å². The number of urea groups is 1. The second kappa shape index (κ2) is 10.1. The van der Waals surface area contributed by atoms with Gasteiger partial charge in [-0.25, -0.2) is 9.18 Å². The third-order valence-corrected chi connectivity index (χ3v) is 6.05. The van der Waals surface area contributed by atoms with Crippen LogP contribution in [0.1, 0.15) is 5.56 Å². The molecule has 2 heterocycles. The highest BCUT2D eigenvalue weighted by atomic mass is 35.5. The molecule has 0 bridgehead atoms. The van der Waals surface area contributed by atoms with Gasteiger partial charge in [-0.15, -0.1) is 0 Å². The molecule has 0 fully saturated rings. The molecule has 5 rings (SSSR count). The van der Waals surface area contributed by atoms with Gasteiger partial charge in [-0.2, -0.15) is 0 Å². The molecule has 0 atom stereocenters. The van der Waals surface area contributed by atoms with E-state index in [0.29, 0.717) is 34.1 Å². The first-order valence-corrected chi connectivity index (χ1v) is 11.7. The van der Waals surface area contributed by atoms with Gasteiger partial charge in [0.1, 0.15) is 11.2 Å². The van der Waals surface area contributed by atoms with Gasteiger partial charge >= 0.3 is 6.03 Å². The van der Waals surface area contributed by atoms with Gasteiger partial charge in [-0.05, 0) is 72.3 Å². The smallest absolute Gasteiger partial charge is 0.316 e. The van der Waals surface area contributed by atoms with Crippen LogP contribution in [0.5, 0.6) is 0 Å². The highest BCUT2D eigenvalue weighted by Crippen LogP contribution is 2.18. The fourth-order valence-corrected chi connectivity index (χ4v) is 4.10. The van der Waals surface area contributed by atoms with Crippen molar-refractivity contribution in [1.29, 1.82) is 0 Å². The topological polar surface area (TPSA) is 85.1 Å². The number of nitrogens with zero attached hydrogens (tertiary/aromatic N) is 2. The zero-order valence-corrected chi connectivity index (χ0v) is 20.1. The van der Waals surface area contributed by atoms with Crippen LogP contribution in [0.15, 0.2) is 107 Å². The zero-order valence-electron chi connectivity index (χ0n) is 19.3. The Morgan fingerprint density at radius 1 is 0.784 bits per heavy atom. The molecular weight excluding hydrogens is 495 g/mol. The van der Waals surface area contributed by atoms with Gasteiger partial charge in [0.05, 0.1) is 12.1 Å². The average Bonchev–Trinajstić information content (AvgIpc) is 2.89. The Morgan fingerprint density at radius 3 is 2.05 bits per heavy atom. The highest BCUT2D eigenvalue weighted by molar-refractivity contribution is 6.30. The molecule has 2 amide bonds. The van der Waals surface area contributed by atoms with E-state index in [-0.39, 0.29) is 16.4 Å². The van der Waals surface area contributed by atoms with Crippen molar-refractivity contribution in [3.8, 4) is 5.69 Å².